The highest BCUT2D eigenvalue weighted by Gasteiger charge is 2.07. The van der Waals surface area contributed by atoms with Crippen molar-refractivity contribution in [2.24, 2.45) is 0 Å². The minimum atomic E-state index is 0.0986. The zero-order valence-corrected chi connectivity index (χ0v) is 9.82. The Bertz CT molecular complexity index is 526. The Morgan fingerprint density at radius 1 is 1.31 bits per heavy atom. The van der Waals surface area contributed by atoms with Gasteiger partial charge in [-0.1, -0.05) is 11.6 Å². The SMILES string of the molecule is CC(C)Oc1ccc2c(O)cnc(Cl)c2c1. The lowest BCUT2D eigenvalue weighted by Crippen LogP contribution is -2.05. The molecule has 84 valence electrons. The maximum absolute atomic E-state index is 9.61. The van der Waals surface area contributed by atoms with E-state index in [9.17, 15) is 5.11 Å². The number of benzene rings is 1. The zero-order valence-electron chi connectivity index (χ0n) is 9.07. The van der Waals surface area contributed by atoms with Gasteiger partial charge in [0.1, 0.15) is 16.7 Å². The monoisotopic (exact) mass is 237 g/mol. The second-order valence-corrected chi connectivity index (χ2v) is 4.17. The van der Waals surface area contributed by atoms with E-state index in [2.05, 4.69) is 4.98 Å². The number of halogens is 1. The van der Waals surface area contributed by atoms with Gasteiger partial charge < -0.3 is 9.84 Å². The van der Waals surface area contributed by atoms with Gasteiger partial charge in [0, 0.05) is 10.8 Å². The van der Waals surface area contributed by atoms with Crippen LogP contribution in [0.4, 0.5) is 0 Å². The Morgan fingerprint density at radius 2 is 2.06 bits per heavy atom. The molecule has 16 heavy (non-hydrogen) atoms. The minimum absolute atomic E-state index is 0.0986. The van der Waals surface area contributed by atoms with E-state index in [1.807, 2.05) is 13.8 Å². The van der Waals surface area contributed by atoms with Gasteiger partial charge in [-0.3, -0.25) is 0 Å². The predicted molar refractivity (Wildman–Crippen MR) is 64.2 cm³/mol. The molecule has 0 aliphatic carbocycles. The first kappa shape index (κ1) is 11.0. The van der Waals surface area contributed by atoms with Gasteiger partial charge in [0.05, 0.1) is 12.3 Å². The molecule has 0 unspecified atom stereocenters. The molecule has 0 aliphatic rings. The van der Waals surface area contributed by atoms with Crippen molar-refractivity contribution < 1.29 is 9.84 Å². The molecular formula is C12H12ClNO2. The van der Waals surface area contributed by atoms with Crippen molar-refractivity contribution >= 4 is 22.4 Å². The molecular weight excluding hydrogens is 226 g/mol. The van der Waals surface area contributed by atoms with Gasteiger partial charge in [-0.15, -0.1) is 0 Å². The summed E-state index contributed by atoms with van der Waals surface area (Å²) in [5.41, 5.74) is 0. The first-order valence-corrected chi connectivity index (χ1v) is 5.39. The fraction of sp³-hybridized carbons (Fsp3) is 0.250. The molecule has 1 N–H and O–H groups in total. The number of pyridine rings is 1. The Hall–Kier alpha value is -1.48. The summed E-state index contributed by atoms with van der Waals surface area (Å²) in [6.07, 6.45) is 1.44. The minimum Gasteiger partial charge on any atom is -0.506 e. The van der Waals surface area contributed by atoms with E-state index in [1.54, 1.807) is 18.2 Å². The maximum Gasteiger partial charge on any atom is 0.141 e. The van der Waals surface area contributed by atoms with Gasteiger partial charge in [-0.05, 0) is 32.0 Å². The second-order valence-electron chi connectivity index (χ2n) is 3.81. The summed E-state index contributed by atoms with van der Waals surface area (Å²) < 4.78 is 5.55. The quantitative estimate of drug-likeness (QED) is 0.815. The van der Waals surface area contributed by atoms with Gasteiger partial charge in [-0.2, -0.15) is 0 Å². The van der Waals surface area contributed by atoms with Crippen molar-refractivity contribution in [3.8, 4) is 11.5 Å². The van der Waals surface area contributed by atoms with Crippen LogP contribution in [0.5, 0.6) is 11.5 Å². The third kappa shape index (κ3) is 2.04. The smallest absolute Gasteiger partial charge is 0.141 e. The summed E-state index contributed by atoms with van der Waals surface area (Å²) in [5, 5.41) is 11.3. The molecule has 1 heterocycles. The first-order chi connectivity index (χ1) is 7.58. The molecule has 0 spiro atoms. The molecule has 3 nitrogen and oxygen atoms in total. The number of aromatic hydroxyl groups is 1. The molecule has 1 aromatic carbocycles. The summed E-state index contributed by atoms with van der Waals surface area (Å²) in [7, 11) is 0. The average molecular weight is 238 g/mol. The molecule has 0 saturated heterocycles. The number of rotatable bonds is 2. The third-order valence-electron chi connectivity index (χ3n) is 2.16. The van der Waals surface area contributed by atoms with Gasteiger partial charge in [0.2, 0.25) is 0 Å². The van der Waals surface area contributed by atoms with Crippen LogP contribution in [-0.4, -0.2) is 16.2 Å². The Balaban J connectivity index is 2.57. The van der Waals surface area contributed by atoms with Crippen molar-refractivity contribution in [2.45, 2.75) is 20.0 Å². The molecule has 0 radical (unpaired) electrons. The van der Waals surface area contributed by atoms with Crippen LogP contribution in [0.3, 0.4) is 0 Å². The van der Waals surface area contributed by atoms with E-state index in [0.29, 0.717) is 15.9 Å². The van der Waals surface area contributed by atoms with E-state index in [0.717, 1.165) is 5.75 Å². The van der Waals surface area contributed by atoms with E-state index in [1.165, 1.54) is 6.20 Å². The number of hydrogen-bond acceptors (Lipinski definition) is 3. The number of nitrogens with zero attached hydrogens (tertiary/aromatic N) is 1. The summed E-state index contributed by atoms with van der Waals surface area (Å²) in [5.74, 6) is 0.840. The lowest BCUT2D eigenvalue weighted by molar-refractivity contribution is 0.243. The van der Waals surface area contributed by atoms with Crippen LogP contribution in [0.25, 0.3) is 10.8 Å². The summed E-state index contributed by atoms with van der Waals surface area (Å²) in [6.45, 7) is 3.90. The van der Waals surface area contributed by atoms with Crippen LogP contribution in [0, 0.1) is 0 Å². The van der Waals surface area contributed by atoms with Crippen molar-refractivity contribution in [2.75, 3.05) is 0 Å². The van der Waals surface area contributed by atoms with Crippen molar-refractivity contribution in [1.29, 1.82) is 0 Å². The van der Waals surface area contributed by atoms with Crippen molar-refractivity contribution in [3.63, 3.8) is 0 Å². The second kappa shape index (κ2) is 4.18. The Labute approximate surface area is 98.6 Å². The number of fused-ring (bicyclic) bond motifs is 1. The molecule has 2 rings (SSSR count). The van der Waals surface area contributed by atoms with Crippen LogP contribution < -0.4 is 4.74 Å². The third-order valence-corrected chi connectivity index (χ3v) is 2.46. The fourth-order valence-electron chi connectivity index (χ4n) is 1.52. The first-order valence-electron chi connectivity index (χ1n) is 5.02. The number of hydrogen-bond donors (Lipinski definition) is 1. The molecule has 0 aliphatic heterocycles. The fourth-order valence-corrected chi connectivity index (χ4v) is 1.72. The highest BCUT2D eigenvalue weighted by atomic mass is 35.5. The van der Waals surface area contributed by atoms with E-state index >= 15 is 0 Å². The molecule has 0 amide bonds. The topological polar surface area (TPSA) is 42.4 Å². The summed E-state index contributed by atoms with van der Waals surface area (Å²) >= 11 is 5.96. The van der Waals surface area contributed by atoms with Crippen LogP contribution in [0.1, 0.15) is 13.8 Å². The maximum atomic E-state index is 9.61. The predicted octanol–water partition coefficient (Wildman–Crippen LogP) is 3.38. The van der Waals surface area contributed by atoms with Gasteiger partial charge >= 0.3 is 0 Å². The molecule has 2 aromatic rings. The zero-order chi connectivity index (χ0) is 11.7. The summed E-state index contributed by atoms with van der Waals surface area (Å²) in [6, 6.07) is 5.36. The van der Waals surface area contributed by atoms with Crippen LogP contribution in [-0.2, 0) is 0 Å². The van der Waals surface area contributed by atoms with Crippen molar-refractivity contribution in [1.82, 2.24) is 4.98 Å². The van der Waals surface area contributed by atoms with Crippen molar-refractivity contribution in [3.05, 3.63) is 29.5 Å². The normalized spacial score (nSPS) is 11.0. The Kier molecular flexibility index (Phi) is 2.88. The highest BCUT2D eigenvalue weighted by molar-refractivity contribution is 6.34. The average Bonchev–Trinajstić information content (AvgIpc) is 2.23. The standard InChI is InChI=1S/C12H12ClNO2/c1-7(2)16-8-3-4-9-10(5-8)12(13)14-6-11(9)15/h3-7,15H,1-2H3. The van der Waals surface area contributed by atoms with Crippen LogP contribution in [0.2, 0.25) is 5.15 Å². The number of ether oxygens (including phenoxy) is 1. The highest BCUT2D eigenvalue weighted by Crippen LogP contribution is 2.31. The lowest BCUT2D eigenvalue weighted by Gasteiger charge is -2.11. The lowest BCUT2D eigenvalue weighted by atomic mass is 10.1. The molecule has 0 bridgehead atoms. The van der Waals surface area contributed by atoms with E-state index < -0.39 is 0 Å². The van der Waals surface area contributed by atoms with Gasteiger partial charge in [0.25, 0.3) is 0 Å². The van der Waals surface area contributed by atoms with E-state index in [-0.39, 0.29) is 11.9 Å². The Morgan fingerprint density at radius 3 is 2.75 bits per heavy atom. The van der Waals surface area contributed by atoms with Gasteiger partial charge in [0.15, 0.2) is 0 Å². The summed E-state index contributed by atoms with van der Waals surface area (Å²) in [4.78, 5) is 3.89. The van der Waals surface area contributed by atoms with Gasteiger partial charge in [-0.25, -0.2) is 4.98 Å². The molecule has 0 saturated carbocycles. The molecule has 0 fully saturated rings. The van der Waals surface area contributed by atoms with E-state index in [4.69, 9.17) is 16.3 Å². The number of aromatic nitrogens is 1. The molecule has 1 aromatic heterocycles. The van der Waals surface area contributed by atoms with Crippen LogP contribution >= 0.6 is 11.6 Å². The molecule has 4 heteroatoms. The largest absolute Gasteiger partial charge is 0.506 e. The van der Waals surface area contributed by atoms with Crippen LogP contribution in [0.15, 0.2) is 24.4 Å². The molecule has 0 atom stereocenters.